The highest BCUT2D eigenvalue weighted by molar-refractivity contribution is 6.08. The van der Waals surface area contributed by atoms with Gasteiger partial charge in [0, 0.05) is 12.2 Å². The molecule has 1 atom stereocenters. The summed E-state index contributed by atoms with van der Waals surface area (Å²) >= 11 is 0. The number of rotatable bonds is 3. The molecule has 6 nitrogen and oxygen atoms in total. The lowest BCUT2D eigenvalue weighted by atomic mass is 10.2. The van der Waals surface area contributed by atoms with Crippen molar-refractivity contribution in [1.82, 2.24) is 9.80 Å². The molecule has 2 aliphatic rings. The number of carbonyl (C=O) groups is 3. The third-order valence-corrected chi connectivity index (χ3v) is 4.08. The second-order valence-corrected chi connectivity index (χ2v) is 5.68. The standard InChI is InChI=1S/C15H14F3N3O3/c16-15(17,18)9-3-5-10(6-4-9)19-12(22)8-21-13(23)11-2-1-7-20(11)14(21)24/h3-6,11H,1-2,7-8H2,(H,19,22). The van der Waals surface area contributed by atoms with E-state index in [0.29, 0.717) is 13.0 Å². The number of alkyl halides is 3. The van der Waals surface area contributed by atoms with Gasteiger partial charge in [-0.3, -0.25) is 14.5 Å². The number of imide groups is 1. The summed E-state index contributed by atoms with van der Waals surface area (Å²) in [6, 6.07) is 2.94. The topological polar surface area (TPSA) is 69.7 Å². The molecule has 0 radical (unpaired) electrons. The van der Waals surface area contributed by atoms with Crippen LogP contribution in [0.5, 0.6) is 0 Å². The smallest absolute Gasteiger partial charge is 0.325 e. The summed E-state index contributed by atoms with van der Waals surface area (Å²) in [6.07, 6.45) is -3.11. The number of benzene rings is 1. The molecule has 0 bridgehead atoms. The first-order chi connectivity index (χ1) is 11.3. The highest BCUT2D eigenvalue weighted by Gasteiger charge is 2.47. The molecule has 128 valence electrons. The van der Waals surface area contributed by atoms with E-state index in [-0.39, 0.29) is 5.69 Å². The van der Waals surface area contributed by atoms with E-state index in [1.165, 1.54) is 4.90 Å². The van der Waals surface area contributed by atoms with Crippen molar-refractivity contribution in [2.24, 2.45) is 0 Å². The van der Waals surface area contributed by atoms with Crippen LogP contribution in [0.2, 0.25) is 0 Å². The zero-order valence-corrected chi connectivity index (χ0v) is 12.5. The third kappa shape index (κ3) is 2.93. The van der Waals surface area contributed by atoms with Crippen molar-refractivity contribution >= 4 is 23.5 Å². The number of nitrogens with one attached hydrogen (secondary N) is 1. The van der Waals surface area contributed by atoms with Gasteiger partial charge in [-0.25, -0.2) is 4.79 Å². The minimum Gasteiger partial charge on any atom is -0.325 e. The van der Waals surface area contributed by atoms with Crippen molar-refractivity contribution in [3.05, 3.63) is 29.8 Å². The molecule has 1 aromatic carbocycles. The molecular formula is C15H14F3N3O3. The zero-order chi connectivity index (χ0) is 17.5. The molecule has 2 saturated heterocycles. The van der Waals surface area contributed by atoms with Crippen LogP contribution in [-0.2, 0) is 15.8 Å². The highest BCUT2D eigenvalue weighted by Crippen LogP contribution is 2.30. The minimum atomic E-state index is -4.46. The fraction of sp³-hybridized carbons (Fsp3) is 0.400. The molecule has 0 aromatic heterocycles. The third-order valence-electron chi connectivity index (χ3n) is 4.08. The van der Waals surface area contributed by atoms with Gasteiger partial charge < -0.3 is 10.2 Å². The number of hydrogen-bond acceptors (Lipinski definition) is 3. The molecule has 0 aliphatic carbocycles. The maximum absolute atomic E-state index is 12.5. The van der Waals surface area contributed by atoms with Crippen LogP contribution in [0.3, 0.4) is 0 Å². The first kappa shape index (κ1) is 16.3. The van der Waals surface area contributed by atoms with Gasteiger partial charge in [-0.15, -0.1) is 0 Å². The predicted octanol–water partition coefficient (Wildman–Crippen LogP) is 2.07. The molecule has 2 aliphatic heterocycles. The summed E-state index contributed by atoms with van der Waals surface area (Å²) < 4.78 is 37.4. The van der Waals surface area contributed by atoms with Crippen LogP contribution < -0.4 is 5.32 Å². The molecule has 1 N–H and O–H groups in total. The quantitative estimate of drug-likeness (QED) is 0.856. The minimum absolute atomic E-state index is 0.160. The molecule has 9 heteroatoms. The van der Waals surface area contributed by atoms with Crippen molar-refractivity contribution in [2.75, 3.05) is 18.4 Å². The monoisotopic (exact) mass is 341 g/mol. The number of anilines is 1. The molecule has 2 fully saturated rings. The van der Waals surface area contributed by atoms with Gasteiger partial charge in [0.1, 0.15) is 12.6 Å². The maximum atomic E-state index is 12.5. The van der Waals surface area contributed by atoms with Gasteiger partial charge in [0.2, 0.25) is 5.91 Å². The number of halogens is 3. The SMILES string of the molecule is O=C(CN1C(=O)C2CCCN2C1=O)Nc1ccc(C(F)(F)F)cc1. The number of hydrogen-bond donors (Lipinski definition) is 1. The number of carbonyl (C=O) groups excluding carboxylic acids is 3. The van der Waals surface area contributed by atoms with Crippen LogP contribution >= 0.6 is 0 Å². The first-order valence-electron chi connectivity index (χ1n) is 7.36. The number of fused-ring (bicyclic) bond motifs is 1. The van der Waals surface area contributed by atoms with E-state index in [2.05, 4.69) is 5.32 Å². The average Bonchev–Trinajstić information content (AvgIpc) is 3.07. The summed E-state index contributed by atoms with van der Waals surface area (Å²) in [5, 5.41) is 2.38. The number of nitrogens with zero attached hydrogens (tertiary/aromatic N) is 2. The average molecular weight is 341 g/mol. The normalized spacial score (nSPS) is 20.5. The highest BCUT2D eigenvalue weighted by atomic mass is 19.4. The van der Waals surface area contributed by atoms with Gasteiger partial charge in [0.25, 0.3) is 5.91 Å². The van der Waals surface area contributed by atoms with Crippen LogP contribution in [0, 0.1) is 0 Å². The predicted molar refractivity (Wildman–Crippen MR) is 76.9 cm³/mol. The Morgan fingerprint density at radius 3 is 2.46 bits per heavy atom. The molecule has 0 saturated carbocycles. The van der Waals surface area contributed by atoms with Gasteiger partial charge in [0.05, 0.1) is 5.56 Å². The van der Waals surface area contributed by atoms with Crippen LogP contribution in [-0.4, -0.2) is 46.8 Å². The molecule has 0 spiro atoms. The van der Waals surface area contributed by atoms with Crippen LogP contribution in [0.1, 0.15) is 18.4 Å². The summed E-state index contributed by atoms with van der Waals surface area (Å²) in [4.78, 5) is 38.4. The maximum Gasteiger partial charge on any atom is 0.416 e. The van der Waals surface area contributed by atoms with Gasteiger partial charge in [-0.1, -0.05) is 0 Å². The van der Waals surface area contributed by atoms with Gasteiger partial charge in [-0.05, 0) is 37.1 Å². The van der Waals surface area contributed by atoms with E-state index >= 15 is 0 Å². The fourth-order valence-corrected chi connectivity index (χ4v) is 2.91. The Labute approximate surface area is 135 Å². The Hall–Kier alpha value is -2.58. The van der Waals surface area contributed by atoms with Crippen molar-refractivity contribution in [2.45, 2.75) is 25.1 Å². The van der Waals surface area contributed by atoms with Crippen molar-refractivity contribution in [3.8, 4) is 0 Å². The molecule has 2 heterocycles. The molecular weight excluding hydrogens is 327 g/mol. The number of urea groups is 1. The van der Waals surface area contributed by atoms with Crippen molar-refractivity contribution < 1.29 is 27.6 Å². The molecule has 4 amide bonds. The van der Waals surface area contributed by atoms with E-state index in [4.69, 9.17) is 0 Å². The second kappa shape index (κ2) is 5.81. The van der Waals surface area contributed by atoms with E-state index < -0.39 is 42.2 Å². The second-order valence-electron chi connectivity index (χ2n) is 5.68. The zero-order valence-electron chi connectivity index (χ0n) is 12.5. The lowest BCUT2D eigenvalue weighted by Gasteiger charge is -2.15. The Balaban J connectivity index is 1.62. The van der Waals surface area contributed by atoms with Crippen LogP contribution in [0.15, 0.2) is 24.3 Å². The largest absolute Gasteiger partial charge is 0.416 e. The van der Waals surface area contributed by atoms with Gasteiger partial charge >= 0.3 is 12.2 Å². The summed E-state index contributed by atoms with van der Waals surface area (Å²) in [6.45, 7) is 0.0396. The Kier molecular flexibility index (Phi) is 3.94. The Bertz CT molecular complexity index is 665. The summed E-state index contributed by atoms with van der Waals surface area (Å²) in [5.74, 6) is -1.04. The summed E-state index contributed by atoms with van der Waals surface area (Å²) in [7, 11) is 0. The van der Waals surface area contributed by atoms with E-state index in [1.807, 2.05) is 0 Å². The molecule has 1 aromatic rings. The van der Waals surface area contributed by atoms with Gasteiger partial charge in [-0.2, -0.15) is 13.2 Å². The van der Waals surface area contributed by atoms with E-state index in [0.717, 1.165) is 35.6 Å². The van der Waals surface area contributed by atoms with Crippen LogP contribution in [0.4, 0.5) is 23.7 Å². The van der Waals surface area contributed by atoms with Crippen molar-refractivity contribution in [3.63, 3.8) is 0 Å². The molecule has 3 rings (SSSR count). The lowest BCUT2D eigenvalue weighted by Crippen LogP contribution is -2.39. The summed E-state index contributed by atoms with van der Waals surface area (Å²) in [5.41, 5.74) is -0.668. The van der Waals surface area contributed by atoms with Gasteiger partial charge in [0.15, 0.2) is 0 Å². The van der Waals surface area contributed by atoms with E-state index in [9.17, 15) is 27.6 Å². The fourth-order valence-electron chi connectivity index (χ4n) is 2.91. The van der Waals surface area contributed by atoms with E-state index in [1.54, 1.807) is 0 Å². The van der Waals surface area contributed by atoms with Crippen molar-refractivity contribution in [1.29, 1.82) is 0 Å². The molecule has 1 unspecified atom stereocenters. The van der Waals surface area contributed by atoms with Crippen LogP contribution in [0.25, 0.3) is 0 Å². The Morgan fingerprint density at radius 1 is 1.21 bits per heavy atom. The first-order valence-corrected chi connectivity index (χ1v) is 7.36. The lowest BCUT2D eigenvalue weighted by molar-refractivity contribution is -0.137. The Morgan fingerprint density at radius 2 is 1.88 bits per heavy atom. The molecule has 24 heavy (non-hydrogen) atoms. The number of amides is 4.